The van der Waals surface area contributed by atoms with Gasteiger partial charge in [-0.05, 0) is 13.0 Å². The number of thiazole rings is 1. The van der Waals surface area contributed by atoms with Gasteiger partial charge in [-0.25, -0.2) is 4.98 Å². The second-order valence-corrected chi connectivity index (χ2v) is 5.57. The maximum absolute atomic E-state index is 6.23. The summed E-state index contributed by atoms with van der Waals surface area (Å²) < 4.78 is 11.3. The Morgan fingerprint density at radius 2 is 2.32 bits per heavy atom. The Kier molecular flexibility index (Phi) is 3.16. The lowest BCUT2D eigenvalue weighted by atomic mass is 9.97. The van der Waals surface area contributed by atoms with Crippen molar-refractivity contribution in [1.82, 2.24) is 4.98 Å². The van der Waals surface area contributed by atoms with E-state index < -0.39 is 0 Å². The van der Waals surface area contributed by atoms with Crippen LogP contribution in [0.2, 0.25) is 0 Å². The van der Waals surface area contributed by atoms with Crippen LogP contribution in [-0.4, -0.2) is 12.1 Å². The van der Waals surface area contributed by atoms with Crippen molar-refractivity contribution in [2.45, 2.75) is 25.5 Å². The zero-order chi connectivity index (χ0) is 13.4. The van der Waals surface area contributed by atoms with E-state index in [2.05, 4.69) is 4.98 Å². The molecule has 0 fully saturated rings. The van der Waals surface area contributed by atoms with Crippen molar-refractivity contribution in [3.05, 3.63) is 39.8 Å². The van der Waals surface area contributed by atoms with Crippen LogP contribution >= 0.6 is 11.3 Å². The molecule has 2 N–H and O–H groups in total. The number of fused-ring (bicyclic) bond motifs is 1. The molecule has 1 aliphatic heterocycles. The number of hydrogen-bond donors (Lipinski definition) is 1. The number of methoxy groups -OCH3 is 1. The molecule has 2 atom stereocenters. The van der Waals surface area contributed by atoms with Crippen LogP contribution < -0.4 is 15.2 Å². The van der Waals surface area contributed by atoms with Crippen molar-refractivity contribution in [3.8, 4) is 11.5 Å². The second kappa shape index (κ2) is 4.83. The van der Waals surface area contributed by atoms with E-state index in [4.69, 9.17) is 15.2 Å². The molecule has 0 saturated carbocycles. The topological polar surface area (TPSA) is 57.4 Å². The number of benzene rings is 1. The van der Waals surface area contributed by atoms with Gasteiger partial charge in [0.2, 0.25) is 0 Å². The molecule has 0 saturated heterocycles. The van der Waals surface area contributed by atoms with Crippen LogP contribution in [0.3, 0.4) is 0 Å². The van der Waals surface area contributed by atoms with Crippen LogP contribution in [0.15, 0.2) is 23.6 Å². The number of rotatable bonds is 2. The van der Waals surface area contributed by atoms with Crippen molar-refractivity contribution in [2.24, 2.45) is 5.73 Å². The third-order valence-electron chi connectivity index (χ3n) is 3.27. The molecule has 1 aliphatic rings. The van der Waals surface area contributed by atoms with E-state index in [1.165, 1.54) is 0 Å². The van der Waals surface area contributed by atoms with Gasteiger partial charge in [0.05, 0.1) is 7.11 Å². The lowest BCUT2D eigenvalue weighted by molar-refractivity contribution is 0.160. The molecule has 0 spiro atoms. The summed E-state index contributed by atoms with van der Waals surface area (Å²) in [6, 6.07) is 5.75. The lowest BCUT2D eigenvalue weighted by Gasteiger charge is -2.29. The van der Waals surface area contributed by atoms with Gasteiger partial charge in [0.1, 0.15) is 16.5 Å². The minimum absolute atomic E-state index is 0.0242. The predicted molar refractivity (Wildman–Crippen MR) is 74.8 cm³/mol. The van der Waals surface area contributed by atoms with E-state index >= 15 is 0 Å². The summed E-state index contributed by atoms with van der Waals surface area (Å²) in [4.78, 5) is 4.49. The Balaban J connectivity index is 1.93. The van der Waals surface area contributed by atoms with E-state index in [1.807, 2.05) is 30.5 Å². The zero-order valence-corrected chi connectivity index (χ0v) is 11.7. The first-order valence-corrected chi connectivity index (χ1v) is 7.07. The van der Waals surface area contributed by atoms with Gasteiger partial charge in [-0.2, -0.15) is 0 Å². The van der Waals surface area contributed by atoms with Gasteiger partial charge in [-0.3, -0.25) is 0 Å². The second-order valence-electron chi connectivity index (χ2n) is 4.68. The molecule has 2 aromatic rings. The van der Waals surface area contributed by atoms with E-state index in [0.29, 0.717) is 0 Å². The van der Waals surface area contributed by atoms with Crippen LogP contribution in [-0.2, 0) is 0 Å². The Morgan fingerprint density at radius 1 is 1.47 bits per heavy atom. The number of ether oxygens (including phenoxy) is 2. The van der Waals surface area contributed by atoms with Gasteiger partial charge in [-0.15, -0.1) is 11.3 Å². The molecule has 0 bridgehead atoms. The van der Waals surface area contributed by atoms with Crippen LogP contribution in [0.25, 0.3) is 0 Å². The predicted octanol–water partition coefficient (Wildman–Crippen LogP) is 2.98. The molecule has 100 valence electrons. The quantitative estimate of drug-likeness (QED) is 0.916. The van der Waals surface area contributed by atoms with Gasteiger partial charge in [0, 0.05) is 35.2 Å². The summed E-state index contributed by atoms with van der Waals surface area (Å²) in [6.45, 7) is 1.99. The fraction of sp³-hybridized carbons (Fsp3) is 0.357. The van der Waals surface area contributed by atoms with E-state index in [0.717, 1.165) is 34.2 Å². The van der Waals surface area contributed by atoms with Gasteiger partial charge in [0.25, 0.3) is 0 Å². The summed E-state index contributed by atoms with van der Waals surface area (Å²) in [5.41, 5.74) is 8.28. The van der Waals surface area contributed by atoms with Gasteiger partial charge in [-0.1, -0.05) is 6.07 Å². The van der Waals surface area contributed by atoms with Crippen molar-refractivity contribution >= 4 is 11.3 Å². The fourth-order valence-electron chi connectivity index (χ4n) is 2.28. The van der Waals surface area contributed by atoms with Crippen LogP contribution in [0.4, 0.5) is 0 Å². The van der Waals surface area contributed by atoms with Gasteiger partial charge in [0.15, 0.2) is 6.10 Å². The van der Waals surface area contributed by atoms with E-state index in [1.54, 1.807) is 18.4 Å². The zero-order valence-electron chi connectivity index (χ0n) is 10.9. The minimum Gasteiger partial charge on any atom is -0.497 e. The monoisotopic (exact) mass is 276 g/mol. The maximum Gasteiger partial charge on any atom is 0.152 e. The number of aromatic nitrogens is 1. The first kappa shape index (κ1) is 12.4. The molecule has 5 heteroatoms. The van der Waals surface area contributed by atoms with Gasteiger partial charge < -0.3 is 15.2 Å². The summed E-state index contributed by atoms with van der Waals surface area (Å²) >= 11 is 1.62. The number of hydrogen-bond acceptors (Lipinski definition) is 5. The Labute approximate surface area is 116 Å². The Hall–Kier alpha value is -1.59. The molecule has 19 heavy (non-hydrogen) atoms. The molecule has 1 aromatic carbocycles. The molecule has 4 nitrogen and oxygen atoms in total. The van der Waals surface area contributed by atoms with E-state index in [-0.39, 0.29) is 12.1 Å². The number of nitrogens with two attached hydrogens (primary N) is 1. The summed E-state index contributed by atoms with van der Waals surface area (Å²) in [5, 5.41) is 3.02. The fourth-order valence-corrected chi connectivity index (χ4v) is 3.12. The molecule has 0 amide bonds. The van der Waals surface area contributed by atoms with Crippen molar-refractivity contribution in [3.63, 3.8) is 0 Å². The molecule has 2 heterocycles. The average Bonchev–Trinajstić information content (AvgIpc) is 2.84. The standard InChI is InChI=1S/C14H16N2O2S/c1-8-7-19-14(16-8)13-6-11(15)10-4-3-9(17-2)5-12(10)18-13/h3-5,7,11,13H,6,15H2,1-2H3/t11-,13?/m1/s1. The summed E-state index contributed by atoms with van der Waals surface area (Å²) in [5.74, 6) is 1.58. The van der Waals surface area contributed by atoms with Crippen molar-refractivity contribution < 1.29 is 9.47 Å². The molecular weight excluding hydrogens is 260 g/mol. The van der Waals surface area contributed by atoms with Crippen molar-refractivity contribution in [1.29, 1.82) is 0 Å². The highest BCUT2D eigenvalue weighted by molar-refractivity contribution is 7.09. The molecule has 0 aliphatic carbocycles. The van der Waals surface area contributed by atoms with Crippen molar-refractivity contribution in [2.75, 3.05) is 7.11 Å². The highest BCUT2D eigenvalue weighted by Crippen LogP contribution is 2.41. The van der Waals surface area contributed by atoms with Crippen LogP contribution in [0.5, 0.6) is 11.5 Å². The van der Waals surface area contributed by atoms with Crippen LogP contribution in [0, 0.1) is 6.92 Å². The normalized spacial score (nSPS) is 21.6. The Bertz CT molecular complexity index is 597. The highest BCUT2D eigenvalue weighted by Gasteiger charge is 2.29. The highest BCUT2D eigenvalue weighted by atomic mass is 32.1. The molecular formula is C14H16N2O2S. The summed E-state index contributed by atoms with van der Waals surface area (Å²) in [7, 11) is 1.64. The SMILES string of the molecule is COc1ccc2c(c1)OC(c1nc(C)cs1)C[C@H]2N. The third kappa shape index (κ3) is 2.31. The first-order valence-electron chi connectivity index (χ1n) is 6.19. The Morgan fingerprint density at radius 3 is 3.00 bits per heavy atom. The third-order valence-corrected chi connectivity index (χ3v) is 4.32. The molecule has 0 radical (unpaired) electrons. The molecule has 3 rings (SSSR count). The van der Waals surface area contributed by atoms with Crippen LogP contribution in [0.1, 0.15) is 34.8 Å². The molecule has 1 aromatic heterocycles. The minimum atomic E-state index is -0.0618. The van der Waals surface area contributed by atoms with E-state index in [9.17, 15) is 0 Å². The maximum atomic E-state index is 6.23. The lowest BCUT2D eigenvalue weighted by Crippen LogP contribution is -2.24. The molecule has 1 unspecified atom stereocenters. The summed E-state index contributed by atoms with van der Waals surface area (Å²) in [6.07, 6.45) is 0.694. The van der Waals surface area contributed by atoms with Gasteiger partial charge >= 0.3 is 0 Å². The average molecular weight is 276 g/mol. The number of nitrogens with zero attached hydrogens (tertiary/aromatic N) is 1. The smallest absolute Gasteiger partial charge is 0.152 e. The largest absolute Gasteiger partial charge is 0.497 e. The first-order chi connectivity index (χ1) is 9.17. The number of aryl methyl sites for hydroxylation is 1.